The van der Waals surface area contributed by atoms with Crippen molar-refractivity contribution in [3.8, 4) is 5.69 Å². The lowest BCUT2D eigenvalue weighted by Crippen LogP contribution is -2.45. The molecule has 0 spiro atoms. The molecule has 29 heavy (non-hydrogen) atoms. The van der Waals surface area contributed by atoms with E-state index in [-0.39, 0.29) is 12.2 Å². The maximum atomic E-state index is 13.1. The summed E-state index contributed by atoms with van der Waals surface area (Å²) >= 11 is 0. The number of amides is 2. The van der Waals surface area contributed by atoms with E-state index in [2.05, 4.69) is 15.3 Å². The summed E-state index contributed by atoms with van der Waals surface area (Å²) < 4.78 is 1.65. The van der Waals surface area contributed by atoms with Crippen molar-refractivity contribution in [2.24, 2.45) is 0 Å². The van der Waals surface area contributed by atoms with Crippen molar-refractivity contribution >= 4 is 17.5 Å². The number of hydrazine groups is 1. The van der Waals surface area contributed by atoms with Crippen LogP contribution >= 0.6 is 0 Å². The monoisotopic (exact) mass is 395 g/mol. The fourth-order valence-corrected chi connectivity index (χ4v) is 3.33. The van der Waals surface area contributed by atoms with Crippen LogP contribution in [0.2, 0.25) is 0 Å². The molecule has 0 radical (unpaired) electrons. The quantitative estimate of drug-likeness (QED) is 0.529. The number of nitro groups is 1. The van der Waals surface area contributed by atoms with Crippen LogP contribution in [0.15, 0.2) is 42.7 Å². The molecule has 1 fully saturated rings. The van der Waals surface area contributed by atoms with Crippen LogP contribution in [0.25, 0.3) is 5.69 Å². The van der Waals surface area contributed by atoms with E-state index in [4.69, 9.17) is 0 Å². The highest BCUT2D eigenvalue weighted by Gasteiger charge is 2.37. The van der Waals surface area contributed by atoms with Crippen LogP contribution < -0.4 is 0 Å². The molecule has 0 saturated carbocycles. The predicted molar refractivity (Wildman–Crippen MR) is 100 cm³/mol. The van der Waals surface area contributed by atoms with E-state index in [0.717, 1.165) is 11.9 Å². The zero-order chi connectivity index (χ0) is 20.5. The molecule has 1 saturated heterocycles. The van der Waals surface area contributed by atoms with Gasteiger partial charge in [-0.25, -0.2) is 14.7 Å². The van der Waals surface area contributed by atoms with Gasteiger partial charge in [-0.1, -0.05) is 18.2 Å². The van der Waals surface area contributed by atoms with E-state index in [1.54, 1.807) is 11.6 Å². The molecule has 0 unspecified atom stereocenters. The predicted octanol–water partition coefficient (Wildman–Crippen LogP) is 1.72. The van der Waals surface area contributed by atoms with Gasteiger partial charge in [0, 0.05) is 13.1 Å². The zero-order valence-electron chi connectivity index (χ0n) is 15.5. The number of aromatic nitrogens is 4. The molecular formula is C18H17N7O4. The summed E-state index contributed by atoms with van der Waals surface area (Å²) in [6.07, 6.45) is 3.00. The molecular weight excluding hydrogens is 378 g/mol. The molecule has 3 aromatic rings. The average Bonchev–Trinajstić information content (AvgIpc) is 3.46. The summed E-state index contributed by atoms with van der Waals surface area (Å²) in [5.41, 5.74) is 1.11. The first kappa shape index (κ1) is 18.3. The van der Waals surface area contributed by atoms with Crippen molar-refractivity contribution < 1.29 is 14.5 Å². The van der Waals surface area contributed by atoms with Gasteiger partial charge in [-0.3, -0.25) is 24.8 Å². The van der Waals surface area contributed by atoms with Gasteiger partial charge in [0.1, 0.15) is 6.20 Å². The standard InChI is InChI=1S/C18H17N7O4/c1-12-14(10-20-24(12)13-6-3-2-4-7-13)17(26)22-8-5-9-23(22)18(27)16-15(25(28)29)11-19-21-16/h2-4,6-7,10-11H,5,8-9H2,1H3,(H,19,21). The van der Waals surface area contributed by atoms with Gasteiger partial charge in [0.25, 0.3) is 11.8 Å². The highest BCUT2D eigenvalue weighted by atomic mass is 16.6. The Morgan fingerprint density at radius 2 is 1.79 bits per heavy atom. The molecule has 2 amide bonds. The van der Waals surface area contributed by atoms with Crippen molar-refractivity contribution in [1.29, 1.82) is 0 Å². The number of rotatable bonds is 4. The topological polar surface area (TPSA) is 130 Å². The number of hydrogen-bond donors (Lipinski definition) is 1. The van der Waals surface area contributed by atoms with Crippen molar-refractivity contribution in [2.75, 3.05) is 13.1 Å². The maximum absolute atomic E-state index is 13.1. The van der Waals surface area contributed by atoms with Crippen LogP contribution in [0.1, 0.15) is 33.0 Å². The largest absolute Gasteiger partial charge is 0.319 e. The van der Waals surface area contributed by atoms with Crippen LogP contribution in [0, 0.1) is 17.0 Å². The number of nitrogens with zero attached hydrogens (tertiary/aromatic N) is 6. The van der Waals surface area contributed by atoms with Crippen molar-refractivity contribution in [3.05, 3.63) is 69.8 Å². The molecule has 1 aromatic carbocycles. The van der Waals surface area contributed by atoms with Gasteiger partial charge in [0.15, 0.2) is 0 Å². The Bertz CT molecular complexity index is 1090. The van der Waals surface area contributed by atoms with Gasteiger partial charge in [0.05, 0.1) is 28.1 Å². The Balaban J connectivity index is 1.62. The minimum absolute atomic E-state index is 0.258. The van der Waals surface area contributed by atoms with Crippen molar-refractivity contribution in [3.63, 3.8) is 0 Å². The van der Waals surface area contributed by atoms with Crippen LogP contribution in [0.5, 0.6) is 0 Å². The Kier molecular flexibility index (Phi) is 4.55. The summed E-state index contributed by atoms with van der Waals surface area (Å²) in [5.74, 6) is -1.06. The number of H-pyrrole nitrogens is 1. The first-order valence-electron chi connectivity index (χ1n) is 8.90. The van der Waals surface area contributed by atoms with E-state index in [1.807, 2.05) is 30.3 Å². The second-order valence-corrected chi connectivity index (χ2v) is 6.49. The lowest BCUT2D eigenvalue weighted by Gasteiger charge is -2.27. The number of carbonyl (C=O) groups is 2. The number of hydrogen-bond acceptors (Lipinski definition) is 6. The molecule has 11 heteroatoms. The average molecular weight is 395 g/mol. The molecule has 1 aliphatic heterocycles. The highest BCUT2D eigenvalue weighted by Crippen LogP contribution is 2.23. The van der Waals surface area contributed by atoms with Gasteiger partial charge >= 0.3 is 5.69 Å². The van der Waals surface area contributed by atoms with E-state index in [9.17, 15) is 19.7 Å². The van der Waals surface area contributed by atoms with Crippen molar-refractivity contribution in [2.45, 2.75) is 13.3 Å². The first-order chi connectivity index (χ1) is 14.0. The van der Waals surface area contributed by atoms with Gasteiger partial charge in [-0.15, -0.1) is 0 Å². The molecule has 1 N–H and O–H groups in total. The number of aromatic amines is 1. The van der Waals surface area contributed by atoms with E-state index >= 15 is 0 Å². The Morgan fingerprint density at radius 1 is 1.10 bits per heavy atom. The third kappa shape index (κ3) is 3.12. The van der Waals surface area contributed by atoms with Crippen molar-refractivity contribution in [1.82, 2.24) is 30.0 Å². The summed E-state index contributed by atoms with van der Waals surface area (Å²) in [6, 6.07) is 9.37. The second-order valence-electron chi connectivity index (χ2n) is 6.49. The first-order valence-corrected chi connectivity index (χ1v) is 8.90. The summed E-state index contributed by atoms with van der Waals surface area (Å²) in [7, 11) is 0. The molecule has 2 aromatic heterocycles. The third-order valence-electron chi connectivity index (χ3n) is 4.77. The minimum atomic E-state index is -0.687. The number of nitrogens with one attached hydrogen (secondary N) is 1. The maximum Gasteiger partial charge on any atom is 0.319 e. The van der Waals surface area contributed by atoms with E-state index in [0.29, 0.717) is 24.2 Å². The third-order valence-corrected chi connectivity index (χ3v) is 4.77. The Morgan fingerprint density at radius 3 is 2.48 bits per heavy atom. The Hall–Kier alpha value is -4.02. The molecule has 0 atom stereocenters. The lowest BCUT2D eigenvalue weighted by atomic mass is 10.2. The SMILES string of the molecule is Cc1c(C(=O)N2CCCN2C(=O)c2[nH]ncc2[N+](=O)[O-])cnn1-c1ccccc1. The van der Waals surface area contributed by atoms with Gasteiger partial charge in [-0.2, -0.15) is 10.2 Å². The number of para-hydroxylation sites is 1. The normalized spacial score (nSPS) is 13.7. The molecule has 1 aliphatic rings. The summed E-state index contributed by atoms with van der Waals surface area (Å²) in [6.45, 7) is 2.37. The van der Waals surface area contributed by atoms with Gasteiger partial charge < -0.3 is 0 Å². The number of benzene rings is 1. The smallest absolute Gasteiger partial charge is 0.267 e. The van der Waals surface area contributed by atoms with Crippen LogP contribution in [0.3, 0.4) is 0 Å². The van der Waals surface area contributed by atoms with Crippen LogP contribution in [0.4, 0.5) is 5.69 Å². The van der Waals surface area contributed by atoms with Crippen LogP contribution in [-0.2, 0) is 0 Å². The van der Waals surface area contributed by atoms with Gasteiger partial charge in [0.2, 0.25) is 5.69 Å². The zero-order valence-corrected chi connectivity index (χ0v) is 15.5. The molecule has 0 bridgehead atoms. The summed E-state index contributed by atoms with van der Waals surface area (Å²) in [4.78, 5) is 36.4. The van der Waals surface area contributed by atoms with E-state index < -0.39 is 22.4 Å². The number of carbonyl (C=O) groups excluding carboxylic acids is 2. The highest BCUT2D eigenvalue weighted by molar-refractivity contribution is 6.00. The minimum Gasteiger partial charge on any atom is -0.267 e. The second kappa shape index (κ2) is 7.19. The van der Waals surface area contributed by atoms with Crippen LogP contribution in [-0.4, -0.2) is 59.8 Å². The molecule has 3 heterocycles. The fourth-order valence-electron chi connectivity index (χ4n) is 3.33. The molecule has 11 nitrogen and oxygen atoms in total. The summed E-state index contributed by atoms with van der Waals surface area (Å²) in [5, 5.41) is 23.9. The molecule has 4 rings (SSSR count). The molecule has 148 valence electrons. The van der Waals surface area contributed by atoms with Gasteiger partial charge in [-0.05, 0) is 25.5 Å². The lowest BCUT2D eigenvalue weighted by molar-refractivity contribution is -0.385. The fraction of sp³-hybridized carbons (Fsp3) is 0.222. The van der Waals surface area contributed by atoms with E-state index in [1.165, 1.54) is 16.2 Å². The molecule has 0 aliphatic carbocycles. The Labute approximate surface area is 164 Å².